The van der Waals surface area contributed by atoms with Gasteiger partial charge in [-0.05, 0) is 57.6 Å². The van der Waals surface area contributed by atoms with Crippen molar-refractivity contribution in [2.45, 2.75) is 71.2 Å². The van der Waals surface area contributed by atoms with Crippen LogP contribution in [-0.4, -0.2) is 89.9 Å². The van der Waals surface area contributed by atoms with Crippen LogP contribution in [-0.2, 0) is 22.4 Å². The zero-order valence-corrected chi connectivity index (χ0v) is 22.4. The van der Waals surface area contributed by atoms with Gasteiger partial charge in [-0.1, -0.05) is 23.8 Å². The normalized spacial score (nSPS) is 25.1. The van der Waals surface area contributed by atoms with E-state index in [1.165, 1.54) is 16.7 Å². The molecule has 3 saturated heterocycles. The number of piperidine rings is 1. The van der Waals surface area contributed by atoms with Gasteiger partial charge < -0.3 is 19.3 Å². The zero-order chi connectivity index (χ0) is 25.5. The Bertz CT molecular complexity index is 1160. The van der Waals surface area contributed by atoms with Gasteiger partial charge in [0, 0.05) is 57.0 Å². The van der Waals surface area contributed by atoms with Crippen LogP contribution in [0.3, 0.4) is 0 Å². The van der Waals surface area contributed by atoms with E-state index >= 15 is 0 Å². The van der Waals surface area contributed by atoms with Gasteiger partial charge in [-0.25, -0.2) is 9.97 Å². The number of likely N-dealkylation sites (tertiary alicyclic amines) is 1. The SMILES string of the molecule is Cc1ccc2c(c1)CN(c1nc(C)nc(C(=O)N3CCC(N4CCOC5COCCC54)CC3)c1C)CC2. The van der Waals surface area contributed by atoms with Crippen LogP contribution in [0.5, 0.6) is 0 Å². The Morgan fingerprint density at radius 3 is 2.65 bits per heavy atom. The fraction of sp³-hybridized carbons (Fsp3) is 0.621. The van der Waals surface area contributed by atoms with Crippen LogP contribution in [0, 0.1) is 20.8 Å². The van der Waals surface area contributed by atoms with Crippen molar-refractivity contribution in [3.05, 3.63) is 52.0 Å². The Kier molecular flexibility index (Phi) is 6.90. The molecule has 0 saturated carbocycles. The minimum atomic E-state index is 0.0434. The molecule has 198 valence electrons. The molecule has 6 rings (SSSR count). The van der Waals surface area contributed by atoms with Crippen molar-refractivity contribution in [3.8, 4) is 0 Å². The van der Waals surface area contributed by atoms with E-state index in [1.54, 1.807) is 0 Å². The van der Waals surface area contributed by atoms with Crippen molar-refractivity contribution in [1.29, 1.82) is 0 Å². The molecule has 5 heterocycles. The van der Waals surface area contributed by atoms with Gasteiger partial charge in [0.1, 0.15) is 17.3 Å². The van der Waals surface area contributed by atoms with E-state index in [0.717, 1.165) is 83.0 Å². The van der Waals surface area contributed by atoms with Gasteiger partial charge in [0.25, 0.3) is 5.91 Å². The summed E-state index contributed by atoms with van der Waals surface area (Å²) in [6, 6.07) is 7.66. The second-order valence-corrected chi connectivity index (χ2v) is 11.1. The van der Waals surface area contributed by atoms with E-state index < -0.39 is 0 Å². The number of carbonyl (C=O) groups is 1. The molecule has 2 aromatic rings. The number of aryl methyl sites for hydroxylation is 2. The summed E-state index contributed by atoms with van der Waals surface area (Å²) in [7, 11) is 0. The summed E-state index contributed by atoms with van der Waals surface area (Å²) >= 11 is 0. The Morgan fingerprint density at radius 2 is 1.81 bits per heavy atom. The van der Waals surface area contributed by atoms with Crippen molar-refractivity contribution >= 4 is 11.7 Å². The Morgan fingerprint density at radius 1 is 0.973 bits per heavy atom. The second-order valence-electron chi connectivity index (χ2n) is 11.1. The summed E-state index contributed by atoms with van der Waals surface area (Å²) in [6.07, 6.45) is 4.21. The molecule has 4 aliphatic rings. The third-order valence-electron chi connectivity index (χ3n) is 8.71. The molecule has 1 aromatic carbocycles. The third kappa shape index (κ3) is 4.87. The van der Waals surface area contributed by atoms with Gasteiger partial charge >= 0.3 is 0 Å². The monoisotopic (exact) mass is 505 g/mol. The highest BCUT2D eigenvalue weighted by Crippen LogP contribution is 2.30. The summed E-state index contributed by atoms with van der Waals surface area (Å²) in [6.45, 7) is 12.6. The standard InChI is InChI=1S/C29H39N5O3/c1-19-4-5-22-6-10-33(17-23(22)16-19)28-20(2)27(30-21(3)31-28)29(35)32-11-7-24(8-12-32)34-13-15-37-26-18-36-14-9-25(26)34/h4-5,16,24-26H,6-15,17-18H2,1-3H3. The molecule has 3 fully saturated rings. The second kappa shape index (κ2) is 10.3. The predicted molar refractivity (Wildman–Crippen MR) is 142 cm³/mol. The van der Waals surface area contributed by atoms with E-state index in [2.05, 4.69) is 39.9 Å². The van der Waals surface area contributed by atoms with E-state index in [4.69, 9.17) is 14.5 Å². The quantitative estimate of drug-likeness (QED) is 0.635. The van der Waals surface area contributed by atoms with E-state index in [0.29, 0.717) is 30.2 Å². The number of amides is 1. The van der Waals surface area contributed by atoms with Crippen LogP contribution in [0.1, 0.15) is 57.8 Å². The summed E-state index contributed by atoms with van der Waals surface area (Å²) in [5.74, 6) is 1.60. The molecule has 0 spiro atoms. The van der Waals surface area contributed by atoms with Gasteiger partial charge in [0.05, 0.1) is 19.3 Å². The molecule has 8 heteroatoms. The molecule has 4 aliphatic heterocycles. The Hall–Kier alpha value is -2.55. The van der Waals surface area contributed by atoms with Crippen LogP contribution in [0.2, 0.25) is 0 Å². The van der Waals surface area contributed by atoms with Crippen molar-refractivity contribution in [3.63, 3.8) is 0 Å². The van der Waals surface area contributed by atoms with Crippen molar-refractivity contribution in [2.75, 3.05) is 50.9 Å². The number of carbonyl (C=O) groups excluding carboxylic acids is 1. The smallest absolute Gasteiger partial charge is 0.272 e. The molecule has 8 nitrogen and oxygen atoms in total. The maximum Gasteiger partial charge on any atom is 0.272 e. The molecule has 1 amide bonds. The highest BCUT2D eigenvalue weighted by Gasteiger charge is 2.39. The third-order valence-corrected chi connectivity index (χ3v) is 8.71. The number of morpholine rings is 1. The Balaban J connectivity index is 1.15. The van der Waals surface area contributed by atoms with E-state index in [-0.39, 0.29) is 12.0 Å². The number of benzene rings is 1. The molecule has 1 aromatic heterocycles. The van der Waals surface area contributed by atoms with Gasteiger partial charge in [-0.3, -0.25) is 9.69 Å². The minimum Gasteiger partial charge on any atom is -0.379 e. The van der Waals surface area contributed by atoms with Crippen molar-refractivity contribution < 1.29 is 14.3 Å². The number of nitrogens with zero attached hydrogens (tertiary/aromatic N) is 5. The number of aromatic nitrogens is 2. The highest BCUT2D eigenvalue weighted by molar-refractivity contribution is 5.95. The van der Waals surface area contributed by atoms with Crippen LogP contribution >= 0.6 is 0 Å². The summed E-state index contributed by atoms with van der Waals surface area (Å²) in [5, 5.41) is 0. The topological polar surface area (TPSA) is 71.0 Å². The molecular formula is C29H39N5O3. The van der Waals surface area contributed by atoms with Gasteiger partial charge in [0.15, 0.2) is 0 Å². The molecule has 37 heavy (non-hydrogen) atoms. The first kappa shape index (κ1) is 24.8. The summed E-state index contributed by atoms with van der Waals surface area (Å²) in [4.78, 5) is 30.2. The lowest BCUT2D eigenvalue weighted by Gasteiger charge is -2.49. The van der Waals surface area contributed by atoms with Gasteiger partial charge in [-0.2, -0.15) is 0 Å². The minimum absolute atomic E-state index is 0.0434. The molecule has 0 bridgehead atoms. The molecular weight excluding hydrogens is 466 g/mol. The van der Waals surface area contributed by atoms with Crippen LogP contribution in [0.25, 0.3) is 0 Å². The maximum atomic E-state index is 13.7. The van der Waals surface area contributed by atoms with Gasteiger partial charge in [0.2, 0.25) is 0 Å². The number of hydrogen-bond donors (Lipinski definition) is 0. The van der Waals surface area contributed by atoms with Gasteiger partial charge in [-0.15, -0.1) is 0 Å². The average molecular weight is 506 g/mol. The fourth-order valence-corrected chi connectivity index (χ4v) is 6.71. The lowest BCUT2D eigenvalue weighted by molar-refractivity contribution is -0.148. The molecule has 2 atom stereocenters. The largest absolute Gasteiger partial charge is 0.379 e. The first-order valence-electron chi connectivity index (χ1n) is 13.9. The zero-order valence-electron chi connectivity index (χ0n) is 22.4. The fourth-order valence-electron chi connectivity index (χ4n) is 6.71. The first-order chi connectivity index (χ1) is 18.0. The lowest BCUT2D eigenvalue weighted by atomic mass is 9.95. The number of ether oxygens (including phenoxy) is 2. The first-order valence-corrected chi connectivity index (χ1v) is 13.9. The molecule has 0 N–H and O–H groups in total. The number of rotatable bonds is 3. The maximum absolute atomic E-state index is 13.7. The Labute approximate surface area is 220 Å². The summed E-state index contributed by atoms with van der Waals surface area (Å²) in [5.41, 5.74) is 5.50. The van der Waals surface area contributed by atoms with Crippen LogP contribution < -0.4 is 4.90 Å². The highest BCUT2D eigenvalue weighted by atomic mass is 16.5. The molecule has 2 unspecified atom stereocenters. The summed E-state index contributed by atoms with van der Waals surface area (Å²) < 4.78 is 11.6. The van der Waals surface area contributed by atoms with Crippen LogP contribution in [0.4, 0.5) is 5.82 Å². The van der Waals surface area contributed by atoms with Crippen LogP contribution in [0.15, 0.2) is 18.2 Å². The lowest BCUT2D eigenvalue weighted by Crippen LogP contribution is -2.60. The number of anilines is 1. The molecule has 0 aliphatic carbocycles. The number of fused-ring (bicyclic) bond motifs is 2. The average Bonchev–Trinajstić information content (AvgIpc) is 2.93. The predicted octanol–water partition coefficient (Wildman–Crippen LogP) is 3.06. The van der Waals surface area contributed by atoms with Crippen molar-refractivity contribution in [1.82, 2.24) is 19.8 Å². The van der Waals surface area contributed by atoms with E-state index in [1.807, 2.05) is 18.7 Å². The van der Waals surface area contributed by atoms with E-state index in [9.17, 15) is 4.79 Å². The number of hydrogen-bond acceptors (Lipinski definition) is 7. The molecule has 0 radical (unpaired) electrons. The van der Waals surface area contributed by atoms with Crippen molar-refractivity contribution in [2.24, 2.45) is 0 Å².